The van der Waals surface area contributed by atoms with Crippen LogP contribution in [0.4, 0.5) is 4.39 Å². The Morgan fingerprint density at radius 3 is 2.62 bits per heavy atom. The number of halogens is 3. The number of nitrogens with zero attached hydrogens (tertiary/aromatic N) is 2. The molecule has 3 aromatic rings. The molecule has 2 nitrogen and oxygen atoms in total. The van der Waals surface area contributed by atoms with E-state index in [1.807, 2.05) is 32.0 Å². The van der Waals surface area contributed by atoms with E-state index in [-0.39, 0.29) is 10.4 Å². The third-order valence-electron chi connectivity index (χ3n) is 3.44. The summed E-state index contributed by atoms with van der Waals surface area (Å²) in [5, 5.41) is -0.273. The van der Waals surface area contributed by atoms with Crippen molar-refractivity contribution in [3.8, 4) is 5.69 Å². The van der Waals surface area contributed by atoms with Gasteiger partial charge in [0.2, 0.25) is 0 Å². The molecule has 21 heavy (non-hydrogen) atoms. The van der Waals surface area contributed by atoms with Gasteiger partial charge in [-0.1, -0.05) is 29.8 Å². The number of benzene rings is 2. The van der Waals surface area contributed by atoms with Gasteiger partial charge in [0.1, 0.15) is 5.82 Å². The van der Waals surface area contributed by atoms with Crippen LogP contribution in [-0.2, 0) is 0 Å². The second-order valence-corrected chi connectivity index (χ2v) is 6.00. The molecule has 0 saturated carbocycles. The Morgan fingerprint density at radius 2 is 1.90 bits per heavy atom. The van der Waals surface area contributed by atoms with Gasteiger partial charge in [0.15, 0.2) is 5.82 Å². The van der Waals surface area contributed by atoms with E-state index in [1.54, 1.807) is 16.7 Å². The van der Waals surface area contributed by atoms with Crippen LogP contribution in [0.15, 0.2) is 36.4 Å². The lowest BCUT2D eigenvalue weighted by Gasteiger charge is -2.12. The Kier molecular flexibility index (Phi) is 3.64. The lowest BCUT2D eigenvalue weighted by Crippen LogP contribution is -2.04. The van der Waals surface area contributed by atoms with Crippen LogP contribution in [0.3, 0.4) is 0 Å². The van der Waals surface area contributed by atoms with Gasteiger partial charge in [-0.15, -0.1) is 11.6 Å². The van der Waals surface area contributed by atoms with Crippen molar-refractivity contribution in [3.63, 3.8) is 0 Å². The summed E-state index contributed by atoms with van der Waals surface area (Å²) >= 11 is 12.1. The Labute approximate surface area is 132 Å². The maximum atomic E-state index is 14.4. The highest BCUT2D eigenvalue weighted by Crippen LogP contribution is 2.32. The van der Waals surface area contributed by atoms with Crippen LogP contribution < -0.4 is 0 Å². The van der Waals surface area contributed by atoms with Gasteiger partial charge in [-0.2, -0.15) is 0 Å². The number of rotatable bonds is 2. The molecule has 0 saturated heterocycles. The predicted molar refractivity (Wildman–Crippen MR) is 85.0 cm³/mol. The van der Waals surface area contributed by atoms with Gasteiger partial charge in [-0.3, -0.25) is 4.57 Å². The fourth-order valence-electron chi connectivity index (χ4n) is 2.44. The lowest BCUT2D eigenvalue weighted by atomic mass is 10.2. The van der Waals surface area contributed by atoms with Crippen molar-refractivity contribution >= 4 is 34.2 Å². The fraction of sp³-hybridized carbons (Fsp3) is 0.188. The Morgan fingerprint density at radius 1 is 1.19 bits per heavy atom. The molecule has 0 aliphatic heterocycles. The SMILES string of the molecule is Cc1cccc2c1nc(C(C)Cl)n2-c1cccc(Cl)c1F. The summed E-state index contributed by atoms with van der Waals surface area (Å²) in [5.74, 6) is 0.126. The molecule has 2 aromatic carbocycles. The van der Waals surface area contributed by atoms with Crippen LogP contribution in [0, 0.1) is 12.7 Å². The molecule has 0 radical (unpaired) electrons. The third-order valence-corrected chi connectivity index (χ3v) is 3.93. The zero-order valence-corrected chi connectivity index (χ0v) is 13.1. The summed E-state index contributed by atoms with van der Waals surface area (Å²) in [5.41, 5.74) is 3.02. The average Bonchev–Trinajstić information content (AvgIpc) is 2.83. The first-order chi connectivity index (χ1) is 10.0. The van der Waals surface area contributed by atoms with Crippen molar-refractivity contribution in [1.82, 2.24) is 9.55 Å². The summed E-state index contributed by atoms with van der Waals surface area (Å²) in [7, 11) is 0. The van der Waals surface area contributed by atoms with Gasteiger partial charge in [0.25, 0.3) is 0 Å². The number of aryl methyl sites for hydroxylation is 1. The monoisotopic (exact) mass is 322 g/mol. The number of hydrogen-bond acceptors (Lipinski definition) is 1. The molecule has 1 atom stereocenters. The Bertz CT molecular complexity index is 825. The van der Waals surface area contributed by atoms with Gasteiger partial charge in [-0.25, -0.2) is 9.37 Å². The Balaban J connectivity index is 2.43. The molecule has 5 heteroatoms. The number of hydrogen-bond donors (Lipinski definition) is 0. The average molecular weight is 323 g/mol. The maximum Gasteiger partial charge on any atom is 0.165 e. The van der Waals surface area contributed by atoms with Crippen LogP contribution in [0.1, 0.15) is 23.7 Å². The number of para-hydroxylation sites is 1. The number of fused-ring (bicyclic) bond motifs is 1. The van der Waals surface area contributed by atoms with Crippen molar-refractivity contribution in [3.05, 3.63) is 58.6 Å². The minimum atomic E-state index is -0.474. The second kappa shape index (κ2) is 5.32. The molecule has 0 fully saturated rings. The molecule has 0 aliphatic carbocycles. The van der Waals surface area contributed by atoms with Crippen LogP contribution in [0.25, 0.3) is 16.7 Å². The van der Waals surface area contributed by atoms with E-state index in [2.05, 4.69) is 4.98 Å². The number of imidazole rings is 1. The largest absolute Gasteiger partial charge is 0.292 e. The van der Waals surface area contributed by atoms with Gasteiger partial charge in [-0.05, 0) is 37.6 Å². The van der Waals surface area contributed by atoms with Crippen molar-refractivity contribution in [2.24, 2.45) is 0 Å². The first kappa shape index (κ1) is 14.4. The normalized spacial score (nSPS) is 12.8. The van der Waals surface area contributed by atoms with Crippen LogP contribution in [-0.4, -0.2) is 9.55 Å². The molecule has 0 spiro atoms. The molecule has 0 bridgehead atoms. The summed E-state index contributed by atoms with van der Waals surface area (Å²) in [6.45, 7) is 3.79. The molecule has 0 amide bonds. The summed E-state index contributed by atoms with van der Waals surface area (Å²) in [4.78, 5) is 4.58. The van der Waals surface area contributed by atoms with E-state index < -0.39 is 5.82 Å². The zero-order chi connectivity index (χ0) is 15.1. The quantitative estimate of drug-likeness (QED) is 0.575. The summed E-state index contributed by atoms with van der Waals surface area (Å²) < 4.78 is 16.2. The van der Waals surface area contributed by atoms with Crippen molar-refractivity contribution in [2.45, 2.75) is 19.2 Å². The minimum Gasteiger partial charge on any atom is -0.292 e. The second-order valence-electron chi connectivity index (χ2n) is 4.94. The van der Waals surface area contributed by atoms with E-state index in [0.717, 1.165) is 16.6 Å². The highest BCUT2D eigenvalue weighted by Gasteiger charge is 2.20. The molecular weight excluding hydrogens is 310 g/mol. The smallest absolute Gasteiger partial charge is 0.165 e. The molecular formula is C16H13Cl2FN2. The van der Waals surface area contributed by atoms with Crippen molar-refractivity contribution in [1.29, 1.82) is 0 Å². The van der Waals surface area contributed by atoms with E-state index >= 15 is 0 Å². The fourth-order valence-corrected chi connectivity index (χ4v) is 2.76. The van der Waals surface area contributed by atoms with Crippen molar-refractivity contribution in [2.75, 3.05) is 0 Å². The third kappa shape index (κ3) is 2.30. The van der Waals surface area contributed by atoms with E-state index in [4.69, 9.17) is 23.2 Å². The minimum absolute atomic E-state index is 0.0789. The van der Waals surface area contributed by atoms with Crippen LogP contribution in [0.2, 0.25) is 5.02 Å². The Hall–Kier alpha value is -1.58. The van der Waals surface area contributed by atoms with Crippen LogP contribution in [0.5, 0.6) is 0 Å². The molecule has 1 aromatic heterocycles. The standard InChI is InChI=1S/C16H13Cl2FN2/c1-9-5-3-8-13-15(9)20-16(10(2)17)21(13)12-7-4-6-11(18)14(12)19/h3-8,10H,1-2H3. The topological polar surface area (TPSA) is 17.8 Å². The van der Waals surface area contributed by atoms with Gasteiger partial charge < -0.3 is 0 Å². The van der Waals surface area contributed by atoms with Crippen molar-refractivity contribution < 1.29 is 4.39 Å². The van der Waals surface area contributed by atoms with Gasteiger partial charge >= 0.3 is 0 Å². The first-order valence-corrected chi connectivity index (χ1v) is 7.38. The molecule has 0 N–H and O–H groups in total. The molecule has 3 rings (SSSR count). The van der Waals surface area contributed by atoms with E-state index in [1.165, 1.54) is 6.07 Å². The van der Waals surface area contributed by atoms with Crippen LogP contribution >= 0.6 is 23.2 Å². The predicted octanol–water partition coefficient (Wildman–Crippen LogP) is 5.43. The maximum absolute atomic E-state index is 14.4. The molecule has 108 valence electrons. The van der Waals surface area contributed by atoms with Gasteiger partial charge in [0.05, 0.1) is 27.1 Å². The highest BCUT2D eigenvalue weighted by atomic mass is 35.5. The molecule has 0 aliphatic rings. The molecule has 1 unspecified atom stereocenters. The van der Waals surface area contributed by atoms with Gasteiger partial charge in [0, 0.05) is 0 Å². The highest BCUT2D eigenvalue weighted by molar-refractivity contribution is 6.30. The lowest BCUT2D eigenvalue weighted by molar-refractivity contribution is 0.617. The summed E-state index contributed by atoms with van der Waals surface area (Å²) in [6.07, 6.45) is 0. The number of aromatic nitrogens is 2. The number of alkyl halides is 1. The summed E-state index contributed by atoms with van der Waals surface area (Å²) in [6, 6.07) is 10.7. The zero-order valence-electron chi connectivity index (χ0n) is 11.6. The first-order valence-electron chi connectivity index (χ1n) is 6.57. The molecule has 1 heterocycles. The van der Waals surface area contributed by atoms with E-state index in [0.29, 0.717) is 11.5 Å². The van der Waals surface area contributed by atoms with E-state index in [9.17, 15) is 4.39 Å².